The van der Waals surface area contributed by atoms with Crippen molar-refractivity contribution in [3.8, 4) is 16.9 Å². The van der Waals surface area contributed by atoms with E-state index in [0.717, 1.165) is 6.42 Å². The van der Waals surface area contributed by atoms with Crippen molar-refractivity contribution in [2.24, 2.45) is 0 Å². The molecule has 1 N–H and O–H groups in total. The second kappa shape index (κ2) is 9.65. The van der Waals surface area contributed by atoms with Gasteiger partial charge in [0.15, 0.2) is 10.8 Å². The predicted molar refractivity (Wildman–Crippen MR) is 135 cm³/mol. The lowest BCUT2D eigenvalue weighted by atomic mass is 10.2. The number of ether oxygens (including phenoxy) is 1. The fourth-order valence-electron chi connectivity index (χ4n) is 4.86. The van der Waals surface area contributed by atoms with E-state index in [1.165, 1.54) is 22.9 Å². The molecule has 0 bridgehead atoms. The third kappa shape index (κ3) is 4.89. The Bertz CT molecular complexity index is 1610. The molecule has 5 heterocycles. The molecule has 0 radical (unpaired) electrons. The van der Waals surface area contributed by atoms with Crippen LogP contribution in [0.15, 0.2) is 23.4 Å². The number of fused-ring (bicyclic) bond motifs is 1. The van der Waals surface area contributed by atoms with Crippen molar-refractivity contribution in [2.75, 3.05) is 37.7 Å². The molecule has 0 aromatic carbocycles. The van der Waals surface area contributed by atoms with Gasteiger partial charge in [0.25, 0.3) is 5.91 Å². The van der Waals surface area contributed by atoms with E-state index in [2.05, 4.69) is 19.9 Å². The lowest BCUT2D eigenvalue weighted by molar-refractivity contribution is -0.141. The first-order chi connectivity index (χ1) is 19.0. The smallest absolute Gasteiger partial charge is 0.368 e. The van der Waals surface area contributed by atoms with Crippen molar-refractivity contribution in [1.82, 2.24) is 29.2 Å². The number of carbonyl (C=O) groups is 1. The van der Waals surface area contributed by atoms with Gasteiger partial charge in [-0.05, 0) is 31.7 Å². The van der Waals surface area contributed by atoms with Crippen LogP contribution in [-0.4, -0.2) is 83.2 Å². The molecule has 17 heteroatoms. The number of carbonyl (C=O) groups excluding carboxylic acids is 1. The number of hydrogen-bond acceptors (Lipinski definition) is 10. The summed E-state index contributed by atoms with van der Waals surface area (Å²) < 4.78 is 75.7. The second-order valence-electron chi connectivity index (χ2n) is 9.92. The van der Waals surface area contributed by atoms with Crippen LogP contribution in [-0.2, 0) is 25.7 Å². The molecule has 3 aromatic rings. The molecular weight excluding hydrogens is 573 g/mol. The minimum Gasteiger partial charge on any atom is -0.368 e. The Hall–Kier alpha value is -3.33. The number of alkyl halides is 3. The van der Waals surface area contributed by atoms with Gasteiger partial charge in [-0.2, -0.15) is 23.2 Å². The van der Waals surface area contributed by atoms with E-state index in [4.69, 9.17) is 4.74 Å². The van der Waals surface area contributed by atoms with Gasteiger partial charge < -0.3 is 14.5 Å². The van der Waals surface area contributed by atoms with Gasteiger partial charge in [-0.25, -0.2) is 13.4 Å². The Labute approximate surface area is 230 Å². The summed E-state index contributed by atoms with van der Waals surface area (Å²) in [4.78, 5) is 20.5. The topological polar surface area (TPSA) is 146 Å². The van der Waals surface area contributed by atoms with E-state index in [9.17, 15) is 31.6 Å². The van der Waals surface area contributed by atoms with Crippen molar-refractivity contribution in [1.29, 1.82) is 5.26 Å². The zero-order valence-electron chi connectivity index (χ0n) is 20.9. The number of halogens is 3. The standard InChI is InChI=1S/C23H23F3N8O4S2/c24-23(25,26)21-30-29-19(39-21)18-28-11-16-15(32-5-7-33(8-6-32)20(35)17-2-1-9-38-17)10-14(12-34(16)18)40(36,37)31-22(13-27)3-4-22/h10-12,17,31H,1-9H2/t17-/m1/s1. The summed E-state index contributed by atoms with van der Waals surface area (Å²) in [7, 11) is -4.19. The lowest BCUT2D eigenvalue weighted by Crippen LogP contribution is -2.51. The zero-order valence-corrected chi connectivity index (χ0v) is 22.5. The van der Waals surface area contributed by atoms with E-state index < -0.39 is 32.9 Å². The summed E-state index contributed by atoms with van der Waals surface area (Å²) in [5.74, 6) is -0.0765. The average Bonchev–Trinajstić information content (AvgIpc) is 3.38. The molecule has 3 aromatic heterocycles. The fourth-order valence-corrected chi connectivity index (χ4v) is 6.96. The van der Waals surface area contributed by atoms with E-state index in [1.807, 2.05) is 11.0 Å². The normalized spacial score (nSPS) is 21.1. The van der Waals surface area contributed by atoms with Gasteiger partial charge in [-0.15, -0.1) is 10.2 Å². The monoisotopic (exact) mass is 596 g/mol. The number of imidazole rings is 1. The highest BCUT2D eigenvalue weighted by molar-refractivity contribution is 7.89. The van der Waals surface area contributed by atoms with Crippen molar-refractivity contribution >= 4 is 38.5 Å². The van der Waals surface area contributed by atoms with Crippen LogP contribution >= 0.6 is 11.3 Å². The predicted octanol–water partition coefficient (Wildman–Crippen LogP) is 2.03. The number of rotatable bonds is 6. The maximum absolute atomic E-state index is 13.4. The number of nitrogens with one attached hydrogen (secondary N) is 1. The number of sulfonamides is 1. The van der Waals surface area contributed by atoms with Crippen molar-refractivity contribution in [3.63, 3.8) is 0 Å². The first-order valence-corrected chi connectivity index (χ1v) is 14.8. The number of piperazine rings is 1. The van der Waals surface area contributed by atoms with Gasteiger partial charge in [0.05, 0.1) is 23.5 Å². The minimum absolute atomic E-state index is 0.00471. The van der Waals surface area contributed by atoms with Crippen LogP contribution in [0.4, 0.5) is 18.9 Å². The summed E-state index contributed by atoms with van der Waals surface area (Å²) in [5.41, 5.74) is -0.271. The minimum atomic E-state index is -4.69. The number of amides is 1. The summed E-state index contributed by atoms with van der Waals surface area (Å²) in [6, 6.07) is 3.44. The van der Waals surface area contributed by atoms with Crippen LogP contribution in [0.1, 0.15) is 30.7 Å². The highest BCUT2D eigenvalue weighted by Crippen LogP contribution is 2.38. The van der Waals surface area contributed by atoms with Gasteiger partial charge in [0.2, 0.25) is 15.0 Å². The molecular formula is C23H23F3N8O4S2. The molecule has 12 nitrogen and oxygen atoms in total. The van der Waals surface area contributed by atoms with Gasteiger partial charge >= 0.3 is 6.18 Å². The lowest BCUT2D eigenvalue weighted by Gasteiger charge is -2.37. The summed E-state index contributed by atoms with van der Waals surface area (Å²) in [6.45, 7) is 2.07. The molecule has 6 rings (SSSR count). The number of pyridine rings is 1. The average molecular weight is 597 g/mol. The molecule has 1 aliphatic carbocycles. The van der Waals surface area contributed by atoms with Crippen molar-refractivity contribution in [3.05, 3.63) is 23.5 Å². The maximum atomic E-state index is 13.4. The van der Waals surface area contributed by atoms with Gasteiger partial charge in [-0.3, -0.25) is 9.20 Å². The molecule has 2 saturated heterocycles. The fraction of sp³-hybridized carbons (Fsp3) is 0.522. The summed E-state index contributed by atoms with van der Waals surface area (Å²) in [6.07, 6.45) is -0.189. The number of nitrogens with zero attached hydrogens (tertiary/aromatic N) is 7. The number of anilines is 1. The number of aromatic nitrogens is 4. The molecule has 0 spiro atoms. The molecule has 0 unspecified atom stereocenters. The molecule has 212 valence electrons. The number of hydrogen-bond donors (Lipinski definition) is 1. The van der Waals surface area contributed by atoms with Crippen LogP contribution in [0.3, 0.4) is 0 Å². The van der Waals surface area contributed by atoms with Gasteiger partial charge in [-0.1, -0.05) is 11.3 Å². The Morgan fingerprint density at radius 2 is 1.98 bits per heavy atom. The zero-order chi connectivity index (χ0) is 28.3. The molecule has 3 fully saturated rings. The molecule has 1 saturated carbocycles. The largest absolute Gasteiger partial charge is 0.445 e. The molecule has 3 aliphatic rings. The Balaban J connectivity index is 1.37. The quantitative estimate of drug-likeness (QED) is 0.452. The maximum Gasteiger partial charge on any atom is 0.445 e. The van der Waals surface area contributed by atoms with Crippen LogP contribution in [0, 0.1) is 11.3 Å². The van der Waals surface area contributed by atoms with Gasteiger partial charge in [0.1, 0.15) is 16.5 Å². The van der Waals surface area contributed by atoms with Crippen LogP contribution in [0.25, 0.3) is 16.3 Å². The summed E-state index contributed by atoms with van der Waals surface area (Å²) >= 11 is 0.298. The van der Waals surface area contributed by atoms with E-state index in [-0.39, 0.29) is 21.6 Å². The number of nitriles is 1. The van der Waals surface area contributed by atoms with E-state index in [0.29, 0.717) is 74.6 Å². The SMILES string of the molecule is N#CC1(NS(=O)(=O)c2cc(N3CCN(C(=O)[C@H]4CCCO4)CC3)c3cnc(-c4nnc(C(F)(F)F)s4)n3c2)CC1. The Morgan fingerprint density at radius 1 is 1.23 bits per heavy atom. The Kier molecular flexibility index (Phi) is 6.48. The van der Waals surface area contributed by atoms with Crippen LogP contribution in [0.5, 0.6) is 0 Å². The highest BCUT2D eigenvalue weighted by Gasteiger charge is 2.47. The highest BCUT2D eigenvalue weighted by atomic mass is 32.2. The van der Waals surface area contributed by atoms with Crippen molar-refractivity contribution < 1.29 is 31.1 Å². The van der Waals surface area contributed by atoms with Gasteiger partial charge in [0, 0.05) is 39.0 Å². The van der Waals surface area contributed by atoms with Crippen LogP contribution < -0.4 is 9.62 Å². The second-order valence-corrected chi connectivity index (χ2v) is 12.6. The Morgan fingerprint density at radius 3 is 2.58 bits per heavy atom. The molecule has 1 amide bonds. The molecule has 1 atom stereocenters. The molecule has 40 heavy (non-hydrogen) atoms. The first kappa shape index (κ1) is 26.9. The molecule has 2 aliphatic heterocycles. The van der Waals surface area contributed by atoms with Crippen LogP contribution in [0.2, 0.25) is 0 Å². The third-order valence-electron chi connectivity index (χ3n) is 7.19. The summed E-state index contributed by atoms with van der Waals surface area (Å²) in [5, 5.41) is 15.0. The third-order valence-corrected chi connectivity index (χ3v) is 9.66. The van der Waals surface area contributed by atoms with E-state index >= 15 is 0 Å². The van der Waals surface area contributed by atoms with E-state index in [1.54, 1.807) is 4.90 Å². The van der Waals surface area contributed by atoms with Crippen molar-refractivity contribution in [2.45, 2.75) is 48.4 Å². The first-order valence-electron chi connectivity index (χ1n) is 12.5.